The van der Waals surface area contributed by atoms with Crippen LogP contribution in [-0.4, -0.2) is 27.9 Å². The summed E-state index contributed by atoms with van der Waals surface area (Å²) in [6.07, 6.45) is 2.53. The topological polar surface area (TPSA) is 50.2 Å². The Morgan fingerprint density at radius 1 is 1.06 bits per heavy atom. The zero-order valence-corrected chi connectivity index (χ0v) is 21.1. The smallest absolute Gasteiger partial charge is 0.209 e. The molecule has 5 nitrogen and oxygen atoms in total. The zero-order valence-electron chi connectivity index (χ0n) is 21.1. The summed E-state index contributed by atoms with van der Waals surface area (Å²) in [5.74, 6) is 1.53. The lowest BCUT2D eigenvalue weighted by Crippen LogP contribution is -2.45. The minimum absolute atomic E-state index is 0.0552. The number of para-hydroxylation sites is 2. The van der Waals surface area contributed by atoms with Crippen molar-refractivity contribution in [3.8, 4) is 0 Å². The van der Waals surface area contributed by atoms with Crippen LogP contribution in [0.25, 0.3) is 11.0 Å². The number of carbonyl (C=O) groups is 1. The lowest BCUT2D eigenvalue weighted by atomic mass is 9.72. The maximum atomic E-state index is 13.6. The minimum Gasteiger partial charge on any atom is -0.369 e. The first-order valence-corrected chi connectivity index (χ1v) is 12.4. The maximum absolute atomic E-state index is 13.6. The van der Waals surface area contributed by atoms with Crippen LogP contribution in [0.1, 0.15) is 77.0 Å². The average molecular weight is 455 g/mol. The standard InChI is InChI=1S/C29H34N4O/c1-17-14-29(4,5)32(6)22-12-11-18(13-19(17)22)26-25-21(15-28(2,3)16-24(25)34)31-27-30-20-9-7-8-10-23(20)33(26)27/h7-13,17,26H,14-16H2,1-6H3,(H,30,31)/t17-,26+/m1/s1. The van der Waals surface area contributed by atoms with Crippen molar-refractivity contribution < 1.29 is 4.79 Å². The van der Waals surface area contributed by atoms with Crippen LogP contribution in [0.15, 0.2) is 53.7 Å². The second-order valence-electron chi connectivity index (χ2n) is 11.9. The molecule has 6 rings (SSSR count). The third-order valence-electron chi connectivity index (χ3n) is 8.28. The molecule has 2 aromatic carbocycles. The van der Waals surface area contributed by atoms with Gasteiger partial charge in [0.2, 0.25) is 5.95 Å². The highest BCUT2D eigenvalue weighted by atomic mass is 16.1. The van der Waals surface area contributed by atoms with Gasteiger partial charge in [-0.25, -0.2) is 4.98 Å². The number of benzene rings is 2. The van der Waals surface area contributed by atoms with Crippen LogP contribution in [0.4, 0.5) is 11.6 Å². The Kier molecular flexibility index (Phi) is 4.40. The van der Waals surface area contributed by atoms with Gasteiger partial charge in [-0.3, -0.25) is 9.36 Å². The number of nitrogens with zero attached hydrogens (tertiary/aromatic N) is 3. The number of nitrogens with one attached hydrogen (secondary N) is 1. The number of Topliss-reactive ketones (excluding diaryl/α,β-unsaturated/α-hetero) is 1. The van der Waals surface area contributed by atoms with Gasteiger partial charge in [-0.1, -0.05) is 45.0 Å². The van der Waals surface area contributed by atoms with E-state index in [4.69, 9.17) is 4.98 Å². The number of rotatable bonds is 1. The second kappa shape index (κ2) is 6.97. The van der Waals surface area contributed by atoms with Crippen LogP contribution >= 0.6 is 0 Å². The zero-order chi connectivity index (χ0) is 24.0. The number of ketones is 1. The molecular weight excluding hydrogens is 420 g/mol. The molecular formula is C29H34N4O. The Balaban J connectivity index is 1.58. The molecule has 0 amide bonds. The number of hydrogen-bond acceptors (Lipinski definition) is 4. The first-order chi connectivity index (χ1) is 16.1. The molecule has 1 aromatic heterocycles. The molecule has 1 aliphatic carbocycles. The summed E-state index contributed by atoms with van der Waals surface area (Å²) in [6, 6.07) is 14.9. The summed E-state index contributed by atoms with van der Waals surface area (Å²) in [5.41, 5.74) is 7.86. The van der Waals surface area contributed by atoms with Gasteiger partial charge in [0.15, 0.2) is 5.78 Å². The maximum Gasteiger partial charge on any atom is 0.209 e. The molecule has 1 N–H and O–H groups in total. The number of imidazole rings is 1. The highest BCUT2D eigenvalue weighted by molar-refractivity contribution is 6.01. The Morgan fingerprint density at radius 2 is 1.82 bits per heavy atom. The summed E-state index contributed by atoms with van der Waals surface area (Å²) < 4.78 is 2.24. The molecule has 5 heteroatoms. The van der Waals surface area contributed by atoms with E-state index in [1.807, 2.05) is 6.07 Å². The van der Waals surface area contributed by atoms with Crippen LogP contribution in [-0.2, 0) is 4.79 Å². The van der Waals surface area contributed by atoms with E-state index in [1.165, 1.54) is 16.8 Å². The third-order valence-corrected chi connectivity index (χ3v) is 8.28. The third kappa shape index (κ3) is 3.05. The van der Waals surface area contributed by atoms with E-state index in [1.54, 1.807) is 0 Å². The number of anilines is 2. The molecule has 0 radical (unpaired) electrons. The van der Waals surface area contributed by atoms with Crippen molar-refractivity contribution in [2.24, 2.45) is 5.41 Å². The van der Waals surface area contributed by atoms with E-state index in [9.17, 15) is 4.79 Å². The molecule has 3 heterocycles. The minimum atomic E-state index is -0.167. The van der Waals surface area contributed by atoms with Crippen LogP contribution in [0.2, 0.25) is 0 Å². The lowest BCUT2D eigenvalue weighted by Gasteiger charge is -2.46. The van der Waals surface area contributed by atoms with E-state index < -0.39 is 0 Å². The van der Waals surface area contributed by atoms with Gasteiger partial charge in [-0.05, 0) is 67.3 Å². The van der Waals surface area contributed by atoms with Gasteiger partial charge in [-0.2, -0.15) is 0 Å². The van der Waals surface area contributed by atoms with Crippen molar-refractivity contribution >= 4 is 28.5 Å². The number of aromatic nitrogens is 2. The van der Waals surface area contributed by atoms with Gasteiger partial charge in [0, 0.05) is 36.0 Å². The SMILES string of the molecule is C[C@@H]1CC(C)(C)N(C)c2ccc([C@H]3C4=C(CC(C)(C)CC4=O)Nc4nc5ccccc5n43)cc21. The van der Waals surface area contributed by atoms with E-state index in [-0.39, 0.29) is 22.8 Å². The molecule has 176 valence electrons. The van der Waals surface area contributed by atoms with Crippen molar-refractivity contribution in [2.75, 3.05) is 17.3 Å². The van der Waals surface area contributed by atoms with Gasteiger partial charge >= 0.3 is 0 Å². The first-order valence-electron chi connectivity index (χ1n) is 12.4. The van der Waals surface area contributed by atoms with Gasteiger partial charge in [0.25, 0.3) is 0 Å². The summed E-state index contributed by atoms with van der Waals surface area (Å²) in [4.78, 5) is 21.0. The number of carbonyl (C=O) groups excluding carboxylic acids is 1. The highest BCUT2D eigenvalue weighted by Gasteiger charge is 2.42. The molecule has 2 atom stereocenters. The van der Waals surface area contributed by atoms with Crippen molar-refractivity contribution in [3.63, 3.8) is 0 Å². The Morgan fingerprint density at radius 3 is 2.62 bits per heavy atom. The van der Waals surface area contributed by atoms with E-state index >= 15 is 0 Å². The predicted molar refractivity (Wildman–Crippen MR) is 138 cm³/mol. The molecule has 0 saturated heterocycles. The monoisotopic (exact) mass is 454 g/mol. The van der Waals surface area contributed by atoms with Crippen LogP contribution < -0.4 is 10.2 Å². The Bertz CT molecular complexity index is 1380. The molecule has 0 fully saturated rings. The van der Waals surface area contributed by atoms with E-state index in [0.717, 1.165) is 41.1 Å². The van der Waals surface area contributed by atoms with Crippen LogP contribution in [0, 0.1) is 5.41 Å². The van der Waals surface area contributed by atoms with E-state index in [2.05, 4.69) is 92.8 Å². The van der Waals surface area contributed by atoms with Gasteiger partial charge in [0.05, 0.1) is 17.1 Å². The van der Waals surface area contributed by atoms with E-state index in [0.29, 0.717) is 12.3 Å². The largest absolute Gasteiger partial charge is 0.369 e. The average Bonchev–Trinajstić information content (AvgIpc) is 3.12. The van der Waals surface area contributed by atoms with Crippen molar-refractivity contribution in [1.29, 1.82) is 0 Å². The number of fused-ring (bicyclic) bond motifs is 4. The molecule has 3 aromatic rings. The van der Waals surface area contributed by atoms with Gasteiger partial charge in [0.1, 0.15) is 0 Å². The van der Waals surface area contributed by atoms with Crippen molar-refractivity contribution in [2.45, 2.75) is 71.4 Å². The molecule has 0 bridgehead atoms. The lowest BCUT2D eigenvalue weighted by molar-refractivity contribution is -0.118. The predicted octanol–water partition coefficient (Wildman–Crippen LogP) is 6.42. The summed E-state index contributed by atoms with van der Waals surface area (Å²) in [7, 11) is 2.20. The molecule has 2 aliphatic heterocycles. The number of allylic oxidation sites excluding steroid dienone is 2. The Labute approximate surface area is 201 Å². The molecule has 3 aliphatic rings. The highest BCUT2D eigenvalue weighted by Crippen LogP contribution is 2.49. The first kappa shape index (κ1) is 21.5. The summed E-state index contributed by atoms with van der Waals surface area (Å²) in [6.45, 7) is 11.3. The fourth-order valence-electron chi connectivity index (χ4n) is 6.50. The molecule has 34 heavy (non-hydrogen) atoms. The normalized spacial score (nSPS) is 25.0. The molecule has 0 spiro atoms. The van der Waals surface area contributed by atoms with Crippen molar-refractivity contribution in [1.82, 2.24) is 9.55 Å². The van der Waals surface area contributed by atoms with Gasteiger partial charge in [-0.15, -0.1) is 0 Å². The fourth-order valence-corrected chi connectivity index (χ4v) is 6.50. The number of hydrogen-bond donors (Lipinski definition) is 1. The molecule has 0 saturated carbocycles. The van der Waals surface area contributed by atoms with Crippen LogP contribution in [0.3, 0.4) is 0 Å². The van der Waals surface area contributed by atoms with Crippen LogP contribution in [0.5, 0.6) is 0 Å². The molecule has 0 unspecified atom stereocenters. The summed E-state index contributed by atoms with van der Waals surface area (Å²) >= 11 is 0. The second-order valence-corrected chi connectivity index (χ2v) is 11.9. The Hall–Kier alpha value is -3.08. The van der Waals surface area contributed by atoms with Crippen molar-refractivity contribution in [3.05, 3.63) is 64.9 Å². The van der Waals surface area contributed by atoms with Gasteiger partial charge < -0.3 is 10.2 Å². The summed E-state index contributed by atoms with van der Waals surface area (Å²) in [5, 5.41) is 3.57. The quantitative estimate of drug-likeness (QED) is 0.461. The fraction of sp³-hybridized carbons (Fsp3) is 0.448.